The van der Waals surface area contributed by atoms with E-state index in [9.17, 15) is 4.79 Å². The molecular weight excluding hydrogens is 280 g/mol. The van der Waals surface area contributed by atoms with Crippen molar-refractivity contribution in [1.82, 2.24) is 9.88 Å². The number of likely N-dealkylation sites (tertiary alicyclic amines) is 1. The van der Waals surface area contributed by atoms with Crippen molar-refractivity contribution >= 4 is 5.91 Å². The zero-order valence-corrected chi connectivity index (χ0v) is 13.2. The predicted octanol–water partition coefficient (Wildman–Crippen LogP) is 2.27. The van der Waals surface area contributed by atoms with Crippen LogP contribution in [0.15, 0.2) is 24.4 Å². The van der Waals surface area contributed by atoms with Crippen molar-refractivity contribution in [2.75, 3.05) is 26.3 Å². The number of pyridine rings is 1. The Balaban J connectivity index is 1.47. The maximum atomic E-state index is 11.9. The minimum Gasteiger partial charge on any atom is -0.478 e. The van der Waals surface area contributed by atoms with Gasteiger partial charge in [-0.2, -0.15) is 0 Å². The monoisotopic (exact) mass is 304 g/mol. The van der Waals surface area contributed by atoms with Gasteiger partial charge in [-0.1, -0.05) is 13.0 Å². The Morgan fingerprint density at radius 3 is 3.09 bits per heavy atom. The summed E-state index contributed by atoms with van der Waals surface area (Å²) in [7, 11) is 0. The Morgan fingerprint density at radius 1 is 1.50 bits per heavy atom. The quantitative estimate of drug-likeness (QED) is 0.809. The number of nitrogens with zero attached hydrogens (tertiary/aromatic N) is 2. The number of ether oxygens (including phenoxy) is 2. The van der Waals surface area contributed by atoms with Gasteiger partial charge in [0.25, 0.3) is 0 Å². The zero-order chi connectivity index (χ0) is 15.4. The summed E-state index contributed by atoms with van der Waals surface area (Å²) >= 11 is 0. The molecule has 1 atom stereocenters. The molecule has 1 aromatic rings. The van der Waals surface area contributed by atoms with Crippen LogP contribution in [0.3, 0.4) is 0 Å². The standard InChI is InChI=1S/C17H24N2O3/c1-2-5-16(20)19-12-17(13-19)14(8-11-22-17)7-10-21-15-6-3-4-9-18-15/h3-4,6,9,14H,2,5,7-8,10-13H2,1H3/t14-/m0/s1. The van der Waals surface area contributed by atoms with E-state index in [1.165, 1.54) is 0 Å². The summed E-state index contributed by atoms with van der Waals surface area (Å²) in [4.78, 5) is 18.0. The molecule has 2 fully saturated rings. The van der Waals surface area contributed by atoms with Crippen molar-refractivity contribution in [3.05, 3.63) is 24.4 Å². The predicted molar refractivity (Wildman–Crippen MR) is 82.6 cm³/mol. The van der Waals surface area contributed by atoms with Crippen molar-refractivity contribution in [2.45, 2.75) is 38.2 Å². The lowest BCUT2D eigenvalue weighted by molar-refractivity contribution is -0.165. The van der Waals surface area contributed by atoms with Crippen LogP contribution in [0.1, 0.15) is 32.6 Å². The van der Waals surface area contributed by atoms with Crippen molar-refractivity contribution in [1.29, 1.82) is 0 Å². The second-order valence-electron chi connectivity index (χ2n) is 6.20. The Kier molecular flexibility index (Phi) is 4.62. The van der Waals surface area contributed by atoms with E-state index in [1.807, 2.05) is 30.0 Å². The fraction of sp³-hybridized carbons (Fsp3) is 0.647. The van der Waals surface area contributed by atoms with E-state index in [0.29, 0.717) is 24.8 Å². The molecule has 0 radical (unpaired) electrons. The highest BCUT2D eigenvalue weighted by molar-refractivity contribution is 5.77. The molecule has 3 rings (SSSR count). The van der Waals surface area contributed by atoms with Crippen LogP contribution in [0.5, 0.6) is 5.88 Å². The van der Waals surface area contributed by atoms with Crippen LogP contribution in [0, 0.1) is 5.92 Å². The number of aromatic nitrogens is 1. The van der Waals surface area contributed by atoms with E-state index in [0.717, 1.165) is 39.0 Å². The third kappa shape index (κ3) is 3.09. The van der Waals surface area contributed by atoms with Gasteiger partial charge < -0.3 is 14.4 Å². The Bertz CT molecular complexity index is 500. The maximum absolute atomic E-state index is 11.9. The van der Waals surface area contributed by atoms with Gasteiger partial charge in [0.2, 0.25) is 11.8 Å². The molecule has 2 saturated heterocycles. The van der Waals surface area contributed by atoms with Gasteiger partial charge in [-0.25, -0.2) is 4.98 Å². The molecule has 5 nitrogen and oxygen atoms in total. The van der Waals surface area contributed by atoms with E-state index in [2.05, 4.69) is 4.98 Å². The highest BCUT2D eigenvalue weighted by Gasteiger charge is 2.53. The first-order chi connectivity index (χ1) is 10.7. The molecule has 0 aliphatic carbocycles. The SMILES string of the molecule is CCCC(=O)N1CC2(C1)OCC[C@@H]2CCOc1ccccn1. The first kappa shape index (κ1) is 15.3. The average Bonchev–Trinajstić information content (AvgIpc) is 2.91. The van der Waals surface area contributed by atoms with Crippen LogP contribution in [0.2, 0.25) is 0 Å². The fourth-order valence-electron chi connectivity index (χ4n) is 3.43. The summed E-state index contributed by atoms with van der Waals surface area (Å²) in [5.41, 5.74) is -0.114. The van der Waals surface area contributed by atoms with Crippen LogP contribution < -0.4 is 4.74 Å². The van der Waals surface area contributed by atoms with E-state index in [4.69, 9.17) is 9.47 Å². The first-order valence-electron chi connectivity index (χ1n) is 8.19. The Labute approximate surface area is 131 Å². The fourth-order valence-corrected chi connectivity index (χ4v) is 3.43. The van der Waals surface area contributed by atoms with E-state index >= 15 is 0 Å². The smallest absolute Gasteiger partial charge is 0.222 e. The lowest BCUT2D eigenvalue weighted by Gasteiger charge is -2.50. The van der Waals surface area contributed by atoms with Crippen LogP contribution >= 0.6 is 0 Å². The molecule has 0 unspecified atom stereocenters. The van der Waals surface area contributed by atoms with E-state index in [1.54, 1.807) is 6.20 Å². The second-order valence-corrected chi connectivity index (χ2v) is 6.20. The molecule has 0 saturated carbocycles. The summed E-state index contributed by atoms with van der Waals surface area (Å²) in [6.45, 7) is 4.98. The van der Waals surface area contributed by atoms with Gasteiger partial charge in [0.05, 0.1) is 19.7 Å². The first-order valence-corrected chi connectivity index (χ1v) is 8.19. The maximum Gasteiger partial charge on any atom is 0.222 e. The number of hydrogen-bond donors (Lipinski definition) is 0. The number of carbonyl (C=O) groups excluding carboxylic acids is 1. The van der Waals surface area contributed by atoms with Gasteiger partial charge in [-0.3, -0.25) is 4.79 Å². The summed E-state index contributed by atoms with van der Waals surface area (Å²) in [5.74, 6) is 1.40. The molecule has 0 N–H and O–H groups in total. The van der Waals surface area contributed by atoms with Crippen molar-refractivity contribution in [2.24, 2.45) is 5.92 Å². The summed E-state index contributed by atoms with van der Waals surface area (Å²) < 4.78 is 11.7. The largest absolute Gasteiger partial charge is 0.478 e. The topological polar surface area (TPSA) is 51.7 Å². The van der Waals surface area contributed by atoms with Crippen LogP contribution in [-0.2, 0) is 9.53 Å². The van der Waals surface area contributed by atoms with Gasteiger partial charge in [0.1, 0.15) is 5.60 Å². The number of hydrogen-bond acceptors (Lipinski definition) is 4. The van der Waals surface area contributed by atoms with E-state index < -0.39 is 0 Å². The third-order valence-corrected chi connectivity index (χ3v) is 4.69. The molecule has 1 spiro atoms. The van der Waals surface area contributed by atoms with Gasteiger partial charge in [0, 0.05) is 25.3 Å². The van der Waals surface area contributed by atoms with Crippen molar-refractivity contribution < 1.29 is 14.3 Å². The van der Waals surface area contributed by atoms with Gasteiger partial charge in [-0.05, 0) is 31.2 Å². The summed E-state index contributed by atoms with van der Waals surface area (Å²) in [6.07, 6.45) is 5.29. The molecule has 2 aliphatic heterocycles. The molecule has 5 heteroatoms. The van der Waals surface area contributed by atoms with Gasteiger partial charge in [0.15, 0.2) is 0 Å². The van der Waals surface area contributed by atoms with Gasteiger partial charge >= 0.3 is 0 Å². The average molecular weight is 304 g/mol. The van der Waals surface area contributed by atoms with Crippen LogP contribution in [-0.4, -0.2) is 47.7 Å². The molecule has 1 aromatic heterocycles. The minimum absolute atomic E-state index is 0.114. The summed E-state index contributed by atoms with van der Waals surface area (Å²) in [5, 5.41) is 0. The highest BCUT2D eigenvalue weighted by atomic mass is 16.5. The van der Waals surface area contributed by atoms with Crippen molar-refractivity contribution in [3.8, 4) is 5.88 Å². The van der Waals surface area contributed by atoms with Gasteiger partial charge in [-0.15, -0.1) is 0 Å². The molecule has 2 aliphatic rings. The van der Waals surface area contributed by atoms with Crippen LogP contribution in [0.25, 0.3) is 0 Å². The lowest BCUT2D eigenvalue weighted by Crippen LogP contribution is -2.66. The molecule has 0 aromatic carbocycles. The summed E-state index contributed by atoms with van der Waals surface area (Å²) in [6, 6.07) is 5.67. The highest BCUT2D eigenvalue weighted by Crippen LogP contribution is 2.41. The number of rotatable bonds is 6. The van der Waals surface area contributed by atoms with E-state index in [-0.39, 0.29) is 11.5 Å². The number of amides is 1. The van der Waals surface area contributed by atoms with Crippen LogP contribution in [0.4, 0.5) is 0 Å². The molecule has 3 heterocycles. The van der Waals surface area contributed by atoms with Crippen molar-refractivity contribution in [3.63, 3.8) is 0 Å². The Morgan fingerprint density at radius 2 is 2.36 bits per heavy atom. The molecule has 120 valence electrons. The molecular formula is C17H24N2O3. The zero-order valence-electron chi connectivity index (χ0n) is 13.2. The number of carbonyl (C=O) groups is 1. The molecule has 0 bridgehead atoms. The normalized spacial score (nSPS) is 22.6. The Hall–Kier alpha value is -1.62. The molecule has 22 heavy (non-hydrogen) atoms. The second kappa shape index (κ2) is 6.65. The third-order valence-electron chi connectivity index (χ3n) is 4.69. The lowest BCUT2D eigenvalue weighted by atomic mass is 9.79. The minimum atomic E-state index is -0.114. The molecule has 1 amide bonds.